The Kier molecular flexibility index (Phi) is 8.66. The quantitative estimate of drug-likeness (QED) is 0.362. The van der Waals surface area contributed by atoms with E-state index in [1.165, 1.54) is 12.8 Å². The molecule has 0 aliphatic heterocycles. The number of benzene rings is 2. The van der Waals surface area contributed by atoms with E-state index in [0.717, 1.165) is 29.7 Å². The van der Waals surface area contributed by atoms with Crippen molar-refractivity contribution in [3.05, 3.63) is 77.6 Å². The molecule has 1 fully saturated rings. The molecule has 1 heterocycles. The Morgan fingerprint density at radius 2 is 1.72 bits per heavy atom. The lowest BCUT2D eigenvalue weighted by molar-refractivity contribution is 0.0939. The molecule has 1 unspecified atom stereocenters. The number of hydrogen-bond acceptors (Lipinski definition) is 6. The minimum absolute atomic E-state index is 0.200. The number of methoxy groups -OCH3 is 1. The molecule has 7 nitrogen and oxygen atoms in total. The van der Waals surface area contributed by atoms with E-state index in [-0.39, 0.29) is 18.1 Å². The maximum atomic E-state index is 13.1. The van der Waals surface area contributed by atoms with Gasteiger partial charge in [0.1, 0.15) is 6.61 Å². The fraction of sp³-hybridized carbons (Fsp3) is 0.379. The summed E-state index contributed by atoms with van der Waals surface area (Å²) in [6, 6.07) is 14.6. The van der Waals surface area contributed by atoms with E-state index in [0.29, 0.717) is 36.0 Å². The smallest absolute Gasteiger partial charge is 0.251 e. The van der Waals surface area contributed by atoms with Crippen LogP contribution in [0.25, 0.3) is 0 Å². The number of nitrogens with zero attached hydrogens (tertiary/aromatic N) is 1. The van der Waals surface area contributed by atoms with Crippen molar-refractivity contribution < 1.29 is 23.7 Å². The summed E-state index contributed by atoms with van der Waals surface area (Å²) in [6.45, 7) is 4.68. The monoisotopic (exact) mass is 490 g/mol. The van der Waals surface area contributed by atoms with Gasteiger partial charge in [0, 0.05) is 18.0 Å². The highest BCUT2D eigenvalue weighted by Gasteiger charge is 2.20. The summed E-state index contributed by atoms with van der Waals surface area (Å²) in [5.74, 6) is 2.34. The predicted octanol–water partition coefficient (Wildman–Crippen LogP) is 5.88. The normalized spacial score (nSPS) is 14.2. The van der Waals surface area contributed by atoms with E-state index < -0.39 is 0 Å². The van der Waals surface area contributed by atoms with E-state index in [1.54, 1.807) is 37.7 Å². The van der Waals surface area contributed by atoms with Gasteiger partial charge in [-0.2, -0.15) is 0 Å². The largest absolute Gasteiger partial charge is 0.493 e. The van der Waals surface area contributed by atoms with E-state index in [2.05, 4.69) is 10.3 Å². The summed E-state index contributed by atoms with van der Waals surface area (Å²) in [6.07, 6.45) is 8.26. The van der Waals surface area contributed by atoms with Crippen molar-refractivity contribution in [3.63, 3.8) is 0 Å². The average molecular weight is 491 g/mol. The summed E-state index contributed by atoms with van der Waals surface area (Å²) in [5, 5.41) is 3.06. The molecule has 4 rings (SSSR count). The van der Waals surface area contributed by atoms with Gasteiger partial charge in [-0.1, -0.05) is 6.07 Å². The number of hydrogen-bond donors (Lipinski definition) is 1. The second kappa shape index (κ2) is 12.3. The van der Waals surface area contributed by atoms with Crippen molar-refractivity contribution in [2.45, 2.75) is 58.3 Å². The van der Waals surface area contributed by atoms with Gasteiger partial charge in [-0.3, -0.25) is 9.78 Å². The van der Waals surface area contributed by atoms with Crippen molar-refractivity contribution in [2.24, 2.45) is 0 Å². The number of nitrogens with one attached hydrogen (secondary N) is 1. The minimum Gasteiger partial charge on any atom is -0.493 e. The van der Waals surface area contributed by atoms with Crippen LogP contribution in [0.3, 0.4) is 0 Å². The maximum absolute atomic E-state index is 13.1. The molecule has 0 spiro atoms. The van der Waals surface area contributed by atoms with Gasteiger partial charge in [-0.15, -0.1) is 0 Å². The molecule has 3 aromatic rings. The minimum atomic E-state index is -0.231. The summed E-state index contributed by atoms with van der Waals surface area (Å²) >= 11 is 0. The van der Waals surface area contributed by atoms with Crippen LogP contribution in [-0.2, 0) is 6.61 Å². The van der Waals surface area contributed by atoms with Crippen molar-refractivity contribution in [1.82, 2.24) is 10.3 Å². The topological polar surface area (TPSA) is 78.9 Å². The van der Waals surface area contributed by atoms with Crippen LogP contribution in [0.15, 0.2) is 60.9 Å². The molecule has 1 aliphatic carbocycles. The number of carbonyl (C=O) groups is 1. The van der Waals surface area contributed by atoms with Gasteiger partial charge in [0.15, 0.2) is 23.0 Å². The predicted molar refractivity (Wildman–Crippen MR) is 138 cm³/mol. The second-order valence-corrected chi connectivity index (χ2v) is 8.87. The van der Waals surface area contributed by atoms with Gasteiger partial charge < -0.3 is 24.3 Å². The lowest BCUT2D eigenvalue weighted by Gasteiger charge is -2.19. The van der Waals surface area contributed by atoms with Gasteiger partial charge in [0.25, 0.3) is 5.91 Å². The fourth-order valence-corrected chi connectivity index (χ4v) is 4.28. The Labute approximate surface area is 212 Å². The molecule has 1 saturated carbocycles. The molecule has 1 aromatic heterocycles. The van der Waals surface area contributed by atoms with Crippen molar-refractivity contribution in [1.29, 1.82) is 0 Å². The molecule has 0 bridgehead atoms. The average Bonchev–Trinajstić information content (AvgIpc) is 3.42. The standard InChI is InChI=1S/C29H34N2O5/c1-4-34-28-18-23(10-11-25(28)35-19-21-13-15-30-16-14-21)29(32)31-20(2)22-9-12-26(27(17-22)33-3)36-24-7-5-6-8-24/h9-18,20,24H,4-8,19H2,1-3H3,(H,31,32). The fourth-order valence-electron chi connectivity index (χ4n) is 4.28. The number of carbonyl (C=O) groups excluding carboxylic acids is 1. The van der Waals surface area contributed by atoms with E-state index in [4.69, 9.17) is 18.9 Å². The number of rotatable bonds is 11. The van der Waals surface area contributed by atoms with Crippen molar-refractivity contribution in [3.8, 4) is 23.0 Å². The zero-order valence-electron chi connectivity index (χ0n) is 21.2. The Hall–Kier alpha value is -3.74. The summed E-state index contributed by atoms with van der Waals surface area (Å²) in [4.78, 5) is 17.1. The molecule has 1 aliphatic rings. The molecule has 0 saturated heterocycles. The third kappa shape index (κ3) is 6.47. The van der Waals surface area contributed by atoms with Gasteiger partial charge in [-0.05, 0) is 93.1 Å². The SMILES string of the molecule is CCOc1cc(C(=O)NC(C)c2ccc(OC3CCCC3)c(OC)c2)ccc1OCc1ccncc1. The van der Waals surface area contributed by atoms with Crippen LogP contribution in [0.4, 0.5) is 0 Å². The lowest BCUT2D eigenvalue weighted by atomic mass is 10.1. The molecule has 2 aromatic carbocycles. The summed E-state index contributed by atoms with van der Waals surface area (Å²) in [7, 11) is 1.64. The highest BCUT2D eigenvalue weighted by molar-refractivity contribution is 5.95. The Bertz CT molecular complexity index is 1150. The summed E-state index contributed by atoms with van der Waals surface area (Å²) < 4.78 is 23.4. The van der Waals surface area contributed by atoms with Crippen LogP contribution in [0.2, 0.25) is 0 Å². The molecule has 1 atom stereocenters. The maximum Gasteiger partial charge on any atom is 0.251 e. The van der Waals surface area contributed by atoms with Crippen molar-refractivity contribution >= 4 is 5.91 Å². The van der Waals surface area contributed by atoms with E-state index in [9.17, 15) is 4.79 Å². The first-order valence-corrected chi connectivity index (χ1v) is 12.5. The zero-order chi connectivity index (χ0) is 25.3. The Morgan fingerprint density at radius 3 is 2.44 bits per heavy atom. The Balaban J connectivity index is 1.42. The third-order valence-electron chi connectivity index (χ3n) is 6.28. The highest BCUT2D eigenvalue weighted by Crippen LogP contribution is 2.34. The summed E-state index contributed by atoms with van der Waals surface area (Å²) in [5.41, 5.74) is 2.43. The number of aromatic nitrogens is 1. The Morgan fingerprint density at radius 1 is 0.972 bits per heavy atom. The van der Waals surface area contributed by atoms with Crippen LogP contribution >= 0.6 is 0 Å². The van der Waals surface area contributed by atoms with Crippen LogP contribution in [-0.4, -0.2) is 30.7 Å². The van der Waals surface area contributed by atoms with Crippen LogP contribution in [0.1, 0.15) is 67.1 Å². The number of amides is 1. The second-order valence-electron chi connectivity index (χ2n) is 8.87. The highest BCUT2D eigenvalue weighted by atomic mass is 16.5. The molecule has 36 heavy (non-hydrogen) atoms. The van der Waals surface area contributed by atoms with Crippen LogP contribution < -0.4 is 24.3 Å². The molecular weight excluding hydrogens is 456 g/mol. The van der Waals surface area contributed by atoms with Gasteiger partial charge in [0.05, 0.1) is 25.9 Å². The first-order chi connectivity index (χ1) is 17.6. The van der Waals surface area contributed by atoms with Gasteiger partial charge in [0.2, 0.25) is 0 Å². The van der Waals surface area contributed by atoms with Crippen LogP contribution in [0.5, 0.6) is 23.0 Å². The zero-order valence-corrected chi connectivity index (χ0v) is 21.2. The van der Waals surface area contributed by atoms with Gasteiger partial charge >= 0.3 is 0 Å². The molecular formula is C29H34N2O5. The van der Waals surface area contributed by atoms with Crippen molar-refractivity contribution in [2.75, 3.05) is 13.7 Å². The first-order valence-electron chi connectivity index (χ1n) is 12.5. The molecule has 1 N–H and O–H groups in total. The molecule has 1 amide bonds. The number of ether oxygens (including phenoxy) is 4. The van der Waals surface area contributed by atoms with E-state index in [1.807, 2.05) is 44.2 Å². The third-order valence-corrected chi connectivity index (χ3v) is 6.28. The van der Waals surface area contributed by atoms with E-state index >= 15 is 0 Å². The first kappa shape index (κ1) is 25.4. The molecule has 0 radical (unpaired) electrons. The van der Waals surface area contributed by atoms with Crippen LogP contribution in [0, 0.1) is 0 Å². The number of pyridine rings is 1. The molecule has 7 heteroatoms. The van der Waals surface area contributed by atoms with Gasteiger partial charge in [-0.25, -0.2) is 0 Å². The lowest BCUT2D eigenvalue weighted by Crippen LogP contribution is -2.26. The molecule has 190 valence electrons.